The van der Waals surface area contributed by atoms with E-state index in [9.17, 15) is 0 Å². The van der Waals surface area contributed by atoms with E-state index in [2.05, 4.69) is 86.7 Å². The van der Waals surface area contributed by atoms with E-state index in [0.717, 1.165) is 51.0 Å². The van der Waals surface area contributed by atoms with Crippen LogP contribution in [0.5, 0.6) is 0 Å². The van der Waals surface area contributed by atoms with E-state index in [-0.39, 0.29) is 6.10 Å². The van der Waals surface area contributed by atoms with Crippen LogP contribution in [0.3, 0.4) is 0 Å². The molecule has 172 valence electrons. The highest BCUT2D eigenvalue weighted by atomic mass is 16.5. The van der Waals surface area contributed by atoms with Crippen LogP contribution in [0, 0.1) is 0 Å². The van der Waals surface area contributed by atoms with Crippen molar-refractivity contribution in [1.29, 1.82) is 0 Å². The van der Waals surface area contributed by atoms with Gasteiger partial charge in [0.05, 0.1) is 12.7 Å². The summed E-state index contributed by atoms with van der Waals surface area (Å²) in [7, 11) is 1.84. The molecule has 0 spiro atoms. The Morgan fingerprint density at radius 2 is 2.00 bits per heavy atom. The first-order valence-corrected chi connectivity index (χ1v) is 11.7. The minimum atomic E-state index is 0.241. The number of morpholine rings is 1. The Morgan fingerprint density at radius 1 is 1.16 bits per heavy atom. The van der Waals surface area contributed by atoms with Crippen LogP contribution in [0.25, 0.3) is 0 Å². The van der Waals surface area contributed by atoms with Crippen molar-refractivity contribution in [2.75, 3.05) is 38.2 Å². The fourth-order valence-electron chi connectivity index (χ4n) is 4.59. The normalized spacial score (nSPS) is 24.5. The zero-order valence-electron chi connectivity index (χ0n) is 19.5. The summed E-state index contributed by atoms with van der Waals surface area (Å²) >= 11 is 0. The van der Waals surface area contributed by atoms with Gasteiger partial charge in [0.2, 0.25) is 0 Å². The molecule has 3 heterocycles. The van der Waals surface area contributed by atoms with Gasteiger partial charge in [0, 0.05) is 58.1 Å². The van der Waals surface area contributed by atoms with Crippen molar-refractivity contribution in [3.63, 3.8) is 0 Å². The average Bonchev–Trinajstić information content (AvgIpc) is 3.16. The van der Waals surface area contributed by atoms with E-state index in [4.69, 9.17) is 4.74 Å². The quantitative estimate of drug-likeness (QED) is 0.536. The molecule has 3 atom stereocenters. The monoisotopic (exact) mass is 436 g/mol. The van der Waals surface area contributed by atoms with Crippen LogP contribution in [0.15, 0.2) is 53.7 Å². The number of rotatable bonds is 6. The van der Waals surface area contributed by atoms with Crippen molar-refractivity contribution in [1.82, 2.24) is 20.5 Å². The van der Waals surface area contributed by atoms with Gasteiger partial charge in [-0.3, -0.25) is 9.89 Å². The van der Waals surface area contributed by atoms with Crippen molar-refractivity contribution >= 4 is 11.8 Å². The van der Waals surface area contributed by atoms with Gasteiger partial charge in [0.25, 0.3) is 0 Å². The Hall–Kier alpha value is -2.64. The molecule has 1 aromatic carbocycles. The highest BCUT2D eigenvalue weighted by Crippen LogP contribution is 2.20. The number of benzene rings is 1. The van der Waals surface area contributed by atoms with Crippen molar-refractivity contribution in [2.45, 2.75) is 51.5 Å². The maximum atomic E-state index is 5.66. The molecular formula is C25H36N6O. The molecular weight excluding hydrogens is 400 g/mol. The average molecular weight is 437 g/mol. The molecule has 7 nitrogen and oxygen atoms in total. The third-order valence-corrected chi connectivity index (χ3v) is 6.33. The lowest BCUT2D eigenvalue weighted by Gasteiger charge is -2.32. The topological polar surface area (TPSA) is 65.0 Å². The standard InChI is InChI=1S/C25H36N6O/c1-19-13-23(18-31(19)17-21-7-5-4-6-8-21)29-25(26-3)28-15-22-9-10-27-24(14-22)30-11-12-32-20(2)16-30/h4-10,14,19-20,23H,11-13,15-18H2,1-3H3,(H2,26,28,29). The lowest BCUT2D eigenvalue weighted by atomic mass is 10.2. The minimum absolute atomic E-state index is 0.241. The fraction of sp³-hybridized carbons (Fsp3) is 0.520. The molecule has 1 aromatic heterocycles. The van der Waals surface area contributed by atoms with Crippen LogP contribution in [0.2, 0.25) is 0 Å². The molecule has 2 aromatic rings. The van der Waals surface area contributed by atoms with Gasteiger partial charge in [-0.1, -0.05) is 30.3 Å². The summed E-state index contributed by atoms with van der Waals surface area (Å²) in [4.78, 5) is 13.9. The van der Waals surface area contributed by atoms with Gasteiger partial charge >= 0.3 is 0 Å². The number of ether oxygens (including phenoxy) is 1. The molecule has 0 radical (unpaired) electrons. The van der Waals surface area contributed by atoms with Gasteiger partial charge in [0.1, 0.15) is 5.82 Å². The number of nitrogens with zero attached hydrogens (tertiary/aromatic N) is 4. The molecule has 4 rings (SSSR count). The Labute approximate surface area is 191 Å². The SMILES string of the molecule is CN=C(NCc1ccnc(N2CCOC(C)C2)c1)NC1CC(C)N(Cc2ccccc2)C1. The molecule has 2 N–H and O–H groups in total. The molecule has 3 unspecified atom stereocenters. The van der Waals surface area contributed by atoms with Crippen LogP contribution in [0.4, 0.5) is 5.82 Å². The van der Waals surface area contributed by atoms with E-state index in [1.54, 1.807) is 0 Å². The van der Waals surface area contributed by atoms with Gasteiger partial charge in [-0.2, -0.15) is 0 Å². The van der Waals surface area contributed by atoms with Crippen molar-refractivity contribution in [2.24, 2.45) is 4.99 Å². The second kappa shape index (κ2) is 10.8. The van der Waals surface area contributed by atoms with E-state index >= 15 is 0 Å². The molecule has 0 saturated carbocycles. The summed E-state index contributed by atoms with van der Waals surface area (Å²) in [5.74, 6) is 1.87. The zero-order chi connectivity index (χ0) is 22.3. The Bertz CT molecular complexity index is 889. The number of hydrogen-bond donors (Lipinski definition) is 2. The predicted octanol–water partition coefficient (Wildman–Crippen LogP) is 2.63. The predicted molar refractivity (Wildman–Crippen MR) is 130 cm³/mol. The third kappa shape index (κ3) is 5.99. The number of pyridine rings is 1. The van der Waals surface area contributed by atoms with Crippen LogP contribution < -0.4 is 15.5 Å². The van der Waals surface area contributed by atoms with Crippen molar-refractivity contribution in [3.8, 4) is 0 Å². The first-order valence-electron chi connectivity index (χ1n) is 11.7. The summed E-state index contributed by atoms with van der Waals surface area (Å²) < 4.78 is 5.66. The van der Waals surface area contributed by atoms with Crippen LogP contribution in [0.1, 0.15) is 31.4 Å². The lowest BCUT2D eigenvalue weighted by Crippen LogP contribution is -2.44. The molecule has 2 aliphatic rings. The van der Waals surface area contributed by atoms with Crippen LogP contribution in [-0.4, -0.2) is 67.3 Å². The molecule has 0 amide bonds. The largest absolute Gasteiger partial charge is 0.375 e. The van der Waals surface area contributed by atoms with Crippen molar-refractivity contribution in [3.05, 3.63) is 59.8 Å². The second-order valence-electron chi connectivity index (χ2n) is 8.92. The number of hydrogen-bond acceptors (Lipinski definition) is 5. The van der Waals surface area contributed by atoms with Gasteiger partial charge in [-0.05, 0) is 43.5 Å². The number of aliphatic imine (C=N–C) groups is 1. The van der Waals surface area contributed by atoms with Crippen LogP contribution >= 0.6 is 0 Å². The lowest BCUT2D eigenvalue weighted by molar-refractivity contribution is 0.0529. The maximum Gasteiger partial charge on any atom is 0.191 e. The fourth-order valence-corrected chi connectivity index (χ4v) is 4.59. The summed E-state index contributed by atoms with van der Waals surface area (Å²) in [6, 6.07) is 15.9. The summed E-state index contributed by atoms with van der Waals surface area (Å²) in [5.41, 5.74) is 2.56. The molecule has 32 heavy (non-hydrogen) atoms. The summed E-state index contributed by atoms with van der Waals surface area (Å²) in [6.07, 6.45) is 3.25. The van der Waals surface area contributed by atoms with E-state index in [1.165, 1.54) is 11.1 Å². The summed E-state index contributed by atoms with van der Waals surface area (Å²) in [6.45, 7) is 9.67. The Kier molecular flexibility index (Phi) is 7.60. The Balaban J connectivity index is 1.28. The second-order valence-corrected chi connectivity index (χ2v) is 8.92. The first kappa shape index (κ1) is 22.6. The minimum Gasteiger partial charge on any atom is -0.375 e. The highest BCUT2D eigenvalue weighted by molar-refractivity contribution is 5.80. The van der Waals surface area contributed by atoms with Gasteiger partial charge in [-0.15, -0.1) is 0 Å². The van der Waals surface area contributed by atoms with Gasteiger partial charge in [0.15, 0.2) is 5.96 Å². The zero-order valence-corrected chi connectivity index (χ0v) is 19.5. The highest BCUT2D eigenvalue weighted by Gasteiger charge is 2.29. The number of nitrogens with one attached hydrogen (secondary N) is 2. The van der Waals surface area contributed by atoms with E-state index in [1.807, 2.05) is 13.2 Å². The molecule has 2 aliphatic heterocycles. The van der Waals surface area contributed by atoms with Gasteiger partial charge < -0.3 is 20.3 Å². The molecule has 7 heteroatoms. The number of anilines is 1. The molecule has 0 aliphatic carbocycles. The molecule has 0 bridgehead atoms. The third-order valence-electron chi connectivity index (χ3n) is 6.33. The van der Waals surface area contributed by atoms with E-state index < -0.39 is 0 Å². The first-order chi connectivity index (χ1) is 15.6. The van der Waals surface area contributed by atoms with E-state index in [0.29, 0.717) is 18.6 Å². The number of aromatic nitrogens is 1. The molecule has 2 fully saturated rings. The van der Waals surface area contributed by atoms with Gasteiger partial charge in [-0.25, -0.2) is 4.98 Å². The summed E-state index contributed by atoms with van der Waals surface area (Å²) in [5, 5.41) is 7.10. The smallest absolute Gasteiger partial charge is 0.191 e. The Morgan fingerprint density at radius 3 is 2.78 bits per heavy atom. The number of likely N-dealkylation sites (tertiary alicyclic amines) is 1. The van der Waals surface area contributed by atoms with Crippen molar-refractivity contribution < 1.29 is 4.74 Å². The van der Waals surface area contributed by atoms with Crippen LogP contribution in [-0.2, 0) is 17.8 Å². The molecule has 2 saturated heterocycles. The number of guanidine groups is 1. The maximum absolute atomic E-state index is 5.66.